The van der Waals surface area contributed by atoms with Crippen molar-refractivity contribution in [1.82, 2.24) is 5.32 Å². The molecule has 2 aromatic carbocycles. The third-order valence-electron chi connectivity index (χ3n) is 5.96. The van der Waals surface area contributed by atoms with E-state index >= 15 is 0 Å². The molecule has 2 rings (SSSR count). The fraction of sp³-hybridized carbons (Fsp3) is 0.417. The Balaban J connectivity index is 2.35. The lowest BCUT2D eigenvalue weighted by Crippen LogP contribution is -2.45. The summed E-state index contributed by atoms with van der Waals surface area (Å²) in [5, 5.41) is 31.1. The van der Waals surface area contributed by atoms with Gasteiger partial charge >= 0.3 is 5.97 Å². The monoisotopic (exact) mass is 461 g/mol. The van der Waals surface area contributed by atoms with Gasteiger partial charge < -0.3 is 25.2 Å². The average molecular weight is 461 g/mol. The van der Waals surface area contributed by atoms with Gasteiger partial charge in [0.2, 0.25) is 0 Å². The molecule has 0 heterocycles. The van der Waals surface area contributed by atoms with Crippen LogP contribution in [-0.4, -0.2) is 33.2 Å². The largest absolute Gasteiger partial charge is 0.507 e. The van der Waals surface area contributed by atoms with E-state index in [1.165, 1.54) is 13.0 Å². The van der Waals surface area contributed by atoms with Crippen LogP contribution in [0.15, 0.2) is 30.3 Å². The molecule has 0 aliphatic carbocycles. The van der Waals surface area contributed by atoms with E-state index in [4.69, 9.17) is 0 Å². The Labute approximate surface area is 189 Å². The van der Waals surface area contributed by atoms with Gasteiger partial charge in [-0.05, 0) is 73.1 Å². The molecule has 0 aliphatic heterocycles. The SMILES string of the molecule is CCC(C)C(NC(=O)c1cc(Cc2c(C)cc(C(C)(O)[PH2]=O)cc2C)ccc1O)C(=O)O. The van der Waals surface area contributed by atoms with Crippen molar-refractivity contribution in [2.24, 2.45) is 5.92 Å². The number of hydrogen-bond donors (Lipinski definition) is 4. The van der Waals surface area contributed by atoms with Gasteiger partial charge in [-0.15, -0.1) is 0 Å². The summed E-state index contributed by atoms with van der Waals surface area (Å²) in [5.41, 5.74) is 4.19. The average Bonchev–Trinajstić information content (AvgIpc) is 2.74. The molecule has 0 saturated heterocycles. The normalized spacial score (nSPS) is 15.3. The van der Waals surface area contributed by atoms with Crippen molar-refractivity contribution in [1.29, 1.82) is 0 Å². The molecule has 4 N–H and O–H groups in total. The first kappa shape index (κ1) is 25.6. The number of hydrogen-bond acceptors (Lipinski definition) is 5. The van der Waals surface area contributed by atoms with Crippen LogP contribution in [0, 0.1) is 19.8 Å². The molecular weight excluding hydrogens is 429 g/mol. The number of benzene rings is 2. The molecule has 8 heteroatoms. The zero-order valence-corrected chi connectivity index (χ0v) is 20.3. The summed E-state index contributed by atoms with van der Waals surface area (Å²) < 4.78 is 11.4. The van der Waals surface area contributed by atoms with Gasteiger partial charge in [-0.2, -0.15) is 0 Å². The van der Waals surface area contributed by atoms with E-state index < -0.39 is 31.7 Å². The molecule has 4 atom stereocenters. The Morgan fingerprint density at radius 2 is 1.75 bits per heavy atom. The number of aliphatic carboxylic acids is 1. The molecule has 1 amide bonds. The first-order valence-electron chi connectivity index (χ1n) is 10.6. The molecule has 0 aliphatic rings. The van der Waals surface area contributed by atoms with Gasteiger partial charge in [-0.1, -0.05) is 38.5 Å². The highest BCUT2D eigenvalue weighted by Gasteiger charge is 2.27. The van der Waals surface area contributed by atoms with E-state index in [0.29, 0.717) is 18.4 Å². The number of aliphatic hydroxyl groups is 1. The molecule has 0 radical (unpaired) electrons. The number of aromatic hydroxyl groups is 1. The zero-order valence-electron chi connectivity index (χ0n) is 19.1. The predicted molar refractivity (Wildman–Crippen MR) is 125 cm³/mol. The number of phenolic OH excluding ortho intramolecular Hbond substituents is 1. The second-order valence-corrected chi connectivity index (χ2v) is 9.92. The number of carbonyl (C=O) groups is 2. The van der Waals surface area contributed by atoms with Crippen LogP contribution in [0.3, 0.4) is 0 Å². The minimum absolute atomic E-state index is 0.0156. The van der Waals surface area contributed by atoms with Crippen LogP contribution >= 0.6 is 8.46 Å². The molecule has 174 valence electrons. The van der Waals surface area contributed by atoms with Crippen molar-refractivity contribution >= 4 is 20.3 Å². The molecule has 0 fully saturated rings. The molecule has 2 aromatic rings. The first-order chi connectivity index (χ1) is 14.9. The summed E-state index contributed by atoms with van der Waals surface area (Å²) >= 11 is 0. The van der Waals surface area contributed by atoms with Crippen LogP contribution in [0.1, 0.15) is 65.4 Å². The van der Waals surface area contributed by atoms with E-state index in [1.54, 1.807) is 19.1 Å². The lowest BCUT2D eigenvalue weighted by molar-refractivity contribution is -0.140. The molecule has 32 heavy (non-hydrogen) atoms. The topological polar surface area (TPSA) is 124 Å². The second-order valence-electron chi connectivity index (χ2n) is 8.56. The Hall–Kier alpha value is -2.63. The summed E-state index contributed by atoms with van der Waals surface area (Å²) in [5.74, 6) is -2.25. The number of amides is 1. The fourth-order valence-corrected chi connectivity index (χ4v) is 3.92. The van der Waals surface area contributed by atoms with Gasteiger partial charge in [0.15, 0.2) is 0 Å². The predicted octanol–water partition coefficient (Wildman–Crippen LogP) is 3.75. The molecular formula is C24H32NO6P. The maximum absolute atomic E-state index is 12.7. The maximum Gasteiger partial charge on any atom is 0.326 e. The van der Waals surface area contributed by atoms with Crippen LogP contribution in [-0.2, 0) is 21.1 Å². The highest BCUT2D eigenvalue weighted by atomic mass is 31.1. The Kier molecular flexibility index (Phi) is 8.27. The number of carboxylic acid groups (broad SMARTS) is 1. The van der Waals surface area contributed by atoms with E-state index in [0.717, 1.165) is 22.3 Å². The molecule has 0 aromatic heterocycles. The van der Waals surface area contributed by atoms with Crippen molar-refractivity contribution in [3.8, 4) is 5.75 Å². The zero-order chi connectivity index (χ0) is 24.2. The molecule has 0 saturated carbocycles. The highest BCUT2D eigenvalue weighted by molar-refractivity contribution is 7.25. The van der Waals surface area contributed by atoms with Crippen LogP contribution in [0.4, 0.5) is 0 Å². The Bertz CT molecular complexity index is 1010. The number of carbonyl (C=O) groups excluding carboxylic acids is 1. The Morgan fingerprint density at radius 3 is 2.25 bits per heavy atom. The summed E-state index contributed by atoms with van der Waals surface area (Å²) in [6.07, 6.45) is 1.05. The van der Waals surface area contributed by atoms with Crippen LogP contribution < -0.4 is 5.32 Å². The summed E-state index contributed by atoms with van der Waals surface area (Å²) in [6.45, 7) is 8.92. The summed E-state index contributed by atoms with van der Waals surface area (Å²) in [7, 11) is -1.40. The van der Waals surface area contributed by atoms with Gasteiger partial charge in [0.1, 0.15) is 17.1 Å². The number of nitrogens with one attached hydrogen (secondary N) is 1. The second kappa shape index (κ2) is 10.3. The van der Waals surface area contributed by atoms with E-state index in [9.17, 15) is 29.5 Å². The summed E-state index contributed by atoms with van der Waals surface area (Å²) in [6, 6.07) is 7.26. The third-order valence-corrected chi connectivity index (χ3v) is 6.75. The molecule has 0 bridgehead atoms. The lowest BCUT2D eigenvalue weighted by atomic mass is 9.92. The molecule has 0 spiro atoms. The van der Waals surface area contributed by atoms with E-state index in [1.807, 2.05) is 32.9 Å². The van der Waals surface area contributed by atoms with Gasteiger partial charge in [0.05, 0.1) is 14.0 Å². The number of phenols is 1. The van der Waals surface area contributed by atoms with Crippen molar-refractivity contribution in [3.05, 3.63) is 63.7 Å². The standard InChI is InChI=1S/C24H32NO6P/c1-6-13(2)21(23(28)29)25-22(27)19-12-16(7-8-20(19)26)11-18-14(3)9-17(10-15(18)4)24(5,30)32-31/h7-10,12-13,21,26,30H,6,11,32H2,1-5H3,(H,25,27)(H,28,29). The lowest BCUT2D eigenvalue weighted by Gasteiger charge is -2.21. The van der Waals surface area contributed by atoms with E-state index in [-0.39, 0.29) is 17.2 Å². The van der Waals surface area contributed by atoms with Crippen molar-refractivity contribution < 1.29 is 29.5 Å². The smallest absolute Gasteiger partial charge is 0.326 e. The van der Waals surface area contributed by atoms with Crippen molar-refractivity contribution in [3.63, 3.8) is 0 Å². The minimum atomic E-state index is -1.40. The maximum atomic E-state index is 12.7. The quantitative estimate of drug-likeness (QED) is 0.422. The first-order valence-corrected chi connectivity index (χ1v) is 11.6. The molecule has 4 unspecified atom stereocenters. The Morgan fingerprint density at radius 1 is 1.16 bits per heavy atom. The van der Waals surface area contributed by atoms with Crippen molar-refractivity contribution in [2.75, 3.05) is 0 Å². The van der Waals surface area contributed by atoms with Crippen LogP contribution in [0.5, 0.6) is 5.75 Å². The van der Waals surface area contributed by atoms with Gasteiger partial charge in [-0.3, -0.25) is 4.79 Å². The fourth-order valence-electron chi connectivity index (χ4n) is 3.61. The van der Waals surface area contributed by atoms with Crippen molar-refractivity contribution in [2.45, 2.75) is 58.8 Å². The van der Waals surface area contributed by atoms with Crippen LogP contribution in [0.2, 0.25) is 0 Å². The van der Waals surface area contributed by atoms with Gasteiger partial charge in [0.25, 0.3) is 5.91 Å². The highest BCUT2D eigenvalue weighted by Crippen LogP contribution is 2.34. The van der Waals surface area contributed by atoms with Gasteiger partial charge in [-0.25, -0.2) is 4.79 Å². The molecule has 7 nitrogen and oxygen atoms in total. The van der Waals surface area contributed by atoms with Gasteiger partial charge in [0, 0.05) is 0 Å². The number of carboxylic acids is 1. The van der Waals surface area contributed by atoms with E-state index in [2.05, 4.69) is 5.32 Å². The summed E-state index contributed by atoms with van der Waals surface area (Å²) in [4.78, 5) is 24.3. The third kappa shape index (κ3) is 5.78. The number of aryl methyl sites for hydroxylation is 2. The number of rotatable bonds is 9. The van der Waals surface area contributed by atoms with Crippen LogP contribution in [0.25, 0.3) is 0 Å². The minimum Gasteiger partial charge on any atom is -0.507 e.